The zero-order valence-corrected chi connectivity index (χ0v) is 18.2. The van der Waals surface area contributed by atoms with Crippen molar-refractivity contribution in [3.8, 4) is 0 Å². The van der Waals surface area contributed by atoms with Gasteiger partial charge >= 0.3 is 0 Å². The number of rotatable bonds is 5. The maximum absolute atomic E-state index is 9.74. The van der Waals surface area contributed by atoms with Gasteiger partial charge in [-0.25, -0.2) is 0 Å². The number of aliphatic imine (C=N–C) groups is 1. The lowest BCUT2D eigenvalue weighted by molar-refractivity contribution is 0.181. The van der Waals surface area contributed by atoms with Gasteiger partial charge in [0.2, 0.25) is 0 Å². The van der Waals surface area contributed by atoms with E-state index in [9.17, 15) is 5.11 Å². The largest absolute Gasteiger partial charge is 0.391 e. The number of hydrogen-bond donors (Lipinski definition) is 2. The van der Waals surface area contributed by atoms with Gasteiger partial charge in [-0.3, -0.25) is 9.89 Å². The second-order valence-electron chi connectivity index (χ2n) is 6.88. The Morgan fingerprint density at radius 2 is 2.12 bits per heavy atom. The van der Waals surface area contributed by atoms with Crippen LogP contribution in [0.4, 0.5) is 0 Å². The number of aliphatic hydroxyl groups excluding tert-OH is 1. The number of aliphatic hydroxyl groups is 1. The summed E-state index contributed by atoms with van der Waals surface area (Å²) in [5.41, 5.74) is 0. The lowest BCUT2D eigenvalue weighted by Gasteiger charge is -2.31. The second-order valence-corrected chi connectivity index (χ2v) is 7.91. The van der Waals surface area contributed by atoms with Crippen molar-refractivity contribution in [2.45, 2.75) is 38.8 Å². The fourth-order valence-electron chi connectivity index (χ4n) is 3.53. The lowest BCUT2D eigenvalue weighted by Crippen LogP contribution is -2.41. The van der Waals surface area contributed by atoms with Gasteiger partial charge in [-0.1, -0.05) is 6.07 Å². The number of halogens is 1. The zero-order valence-electron chi connectivity index (χ0n) is 15.1. The summed E-state index contributed by atoms with van der Waals surface area (Å²) in [5, 5.41) is 15.3. The Kier molecular flexibility index (Phi) is 8.95. The van der Waals surface area contributed by atoms with Crippen molar-refractivity contribution in [3.05, 3.63) is 22.4 Å². The van der Waals surface area contributed by atoms with Crippen LogP contribution < -0.4 is 5.32 Å². The van der Waals surface area contributed by atoms with Crippen LogP contribution >= 0.6 is 35.3 Å². The number of hydrogen-bond acceptors (Lipinski definition) is 4. The van der Waals surface area contributed by atoms with Crippen LogP contribution in [0, 0.1) is 5.92 Å². The highest BCUT2D eigenvalue weighted by atomic mass is 127. The molecule has 2 N–H and O–H groups in total. The van der Waals surface area contributed by atoms with E-state index in [1.165, 1.54) is 30.8 Å². The van der Waals surface area contributed by atoms with Crippen molar-refractivity contribution < 1.29 is 5.11 Å². The van der Waals surface area contributed by atoms with Crippen molar-refractivity contribution in [1.82, 2.24) is 15.1 Å². The molecule has 2 aliphatic rings. The van der Waals surface area contributed by atoms with E-state index in [0.29, 0.717) is 12.5 Å². The van der Waals surface area contributed by atoms with Crippen LogP contribution in [-0.4, -0.2) is 66.2 Å². The summed E-state index contributed by atoms with van der Waals surface area (Å²) in [7, 11) is 0. The van der Waals surface area contributed by atoms with Crippen molar-refractivity contribution in [2.24, 2.45) is 10.9 Å². The first-order chi connectivity index (χ1) is 11.7. The Bertz CT molecular complexity index is 517. The molecule has 0 amide bonds. The Balaban J connectivity index is 0.00000225. The third kappa shape index (κ3) is 6.37. The van der Waals surface area contributed by atoms with E-state index < -0.39 is 0 Å². The molecule has 0 unspecified atom stereocenters. The van der Waals surface area contributed by atoms with E-state index in [2.05, 4.69) is 39.6 Å². The molecule has 0 radical (unpaired) electrons. The third-order valence-corrected chi connectivity index (χ3v) is 5.82. The van der Waals surface area contributed by atoms with Crippen molar-refractivity contribution in [1.29, 1.82) is 0 Å². The molecule has 0 saturated carbocycles. The Morgan fingerprint density at radius 3 is 2.72 bits per heavy atom. The van der Waals surface area contributed by atoms with E-state index in [-0.39, 0.29) is 30.1 Å². The van der Waals surface area contributed by atoms with Crippen LogP contribution in [0.2, 0.25) is 0 Å². The van der Waals surface area contributed by atoms with E-state index in [1.807, 2.05) is 11.3 Å². The molecule has 0 aliphatic carbocycles. The minimum absolute atomic E-state index is 0. The van der Waals surface area contributed by atoms with E-state index in [0.717, 1.165) is 38.6 Å². The summed E-state index contributed by atoms with van der Waals surface area (Å²) in [6, 6.07) is 4.37. The van der Waals surface area contributed by atoms with Gasteiger partial charge in [0.1, 0.15) is 0 Å². The number of nitrogens with zero attached hydrogens (tertiary/aromatic N) is 3. The van der Waals surface area contributed by atoms with Gasteiger partial charge in [0.15, 0.2) is 5.96 Å². The Hall–Kier alpha value is -0.380. The summed E-state index contributed by atoms with van der Waals surface area (Å²) in [5.74, 6) is 1.67. The highest BCUT2D eigenvalue weighted by Crippen LogP contribution is 2.21. The second kappa shape index (κ2) is 10.7. The van der Waals surface area contributed by atoms with Crippen LogP contribution in [0.1, 0.15) is 31.1 Å². The van der Waals surface area contributed by atoms with Gasteiger partial charge in [-0.05, 0) is 56.6 Å². The van der Waals surface area contributed by atoms with E-state index >= 15 is 0 Å². The zero-order chi connectivity index (χ0) is 16.8. The number of likely N-dealkylation sites (tertiary alicyclic amines) is 2. The summed E-state index contributed by atoms with van der Waals surface area (Å²) in [6.07, 6.45) is 3.12. The fourth-order valence-corrected chi connectivity index (χ4v) is 4.27. The highest BCUT2D eigenvalue weighted by Gasteiger charge is 2.24. The predicted octanol–water partition coefficient (Wildman–Crippen LogP) is 2.61. The van der Waals surface area contributed by atoms with Gasteiger partial charge in [-0.2, -0.15) is 0 Å². The van der Waals surface area contributed by atoms with Crippen molar-refractivity contribution >= 4 is 41.3 Å². The maximum atomic E-state index is 9.74. The summed E-state index contributed by atoms with van der Waals surface area (Å²) >= 11 is 1.85. The molecular formula is C18H31IN4OS. The molecule has 25 heavy (non-hydrogen) atoms. The first-order valence-corrected chi connectivity index (χ1v) is 10.1. The molecule has 3 rings (SSSR count). The molecule has 7 heteroatoms. The molecule has 1 aromatic rings. The summed E-state index contributed by atoms with van der Waals surface area (Å²) in [4.78, 5) is 11.1. The molecule has 2 aliphatic heterocycles. The van der Waals surface area contributed by atoms with Gasteiger partial charge in [0.25, 0.3) is 0 Å². The average Bonchev–Trinajstić information content (AvgIpc) is 3.24. The van der Waals surface area contributed by atoms with E-state index in [4.69, 9.17) is 4.99 Å². The standard InChI is InChI=1S/C18H30N4OS.HI/c1-2-19-18(22-10-7-16(23)13-22)20-12-15-5-8-21(9-6-15)14-17-4-3-11-24-17;/h3-4,11,15-16,23H,2,5-10,12-14H2,1H3,(H,19,20);1H/t16-;/m1./s1. The molecule has 5 nitrogen and oxygen atoms in total. The minimum atomic E-state index is -0.200. The molecule has 0 aromatic carbocycles. The van der Waals surface area contributed by atoms with Crippen LogP contribution in [0.15, 0.2) is 22.5 Å². The number of nitrogens with one attached hydrogen (secondary N) is 1. The van der Waals surface area contributed by atoms with E-state index in [1.54, 1.807) is 0 Å². The van der Waals surface area contributed by atoms with Crippen molar-refractivity contribution in [2.75, 3.05) is 39.3 Å². The lowest BCUT2D eigenvalue weighted by atomic mass is 9.97. The van der Waals surface area contributed by atoms with Gasteiger partial charge in [-0.15, -0.1) is 35.3 Å². The summed E-state index contributed by atoms with van der Waals surface area (Å²) in [6.45, 7) is 8.96. The summed E-state index contributed by atoms with van der Waals surface area (Å²) < 4.78 is 0. The Labute approximate surface area is 172 Å². The molecule has 0 spiro atoms. The fraction of sp³-hybridized carbons (Fsp3) is 0.722. The Morgan fingerprint density at radius 1 is 1.32 bits per heavy atom. The van der Waals surface area contributed by atoms with Gasteiger partial charge in [0, 0.05) is 37.6 Å². The molecule has 1 aromatic heterocycles. The quantitative estimate of drug-likeness (QED) is 0.388. The predicted molar refractivity (Wildman–Crippen MR) is 116 cm³/mol. The van der Waals surface area contributed by atoms with Crippen LogP contribution in [0.25, 0.3) is 0 Å². The molecule has 3 heterocycles. The molecule has 1 atom stereocenters. The highest BCUT2D eigenvalue weighted by molar-refractivity contribution is 14.0. The van der Waals surface area contributed by atoms with Crippen LogP contribution in [0.5, 0.6) is 0 Å². The topological polar surface area (TPSA) is 51.1 Å². The molecule has 142 valence electrons. The average molecular weight is 478 g/mol. The van der Waals surface area contributed by atoms with Gasteiger partial charge < -0.3 is 15.3 Å². The normalized spacial score (nSPS) is 22.9. The van der Waals surface area contributed by atoms with Crippen LogP contribution in [0.3, 0.4) is 0 Å². The molecule has 0 bridgehead atoms. The first-order valence-electron chi connectivity index (χ1n) is 9.20. The number of piperidine rings is 1. The van der Waals surface area contributed by atoms with Gasteiger partial charge in [0.05, 0.1) is 6.10 Å². The SMILES string of the molecule is CCNC(=NCC1CCN(Cc2cccs2)CC1)N1CC[C@@H](O)C1.I. The smallest absolute Gasteiger partial charge is 0.194 e. The number of β-amino-alcohol motifs (C(OH)–C–C–N with tert-alkyl or cyclic N) is 1. The van der Waals surface area contributed by atoms with Crippen LogP contribution in [-0.2, 0) is 6.54 Å². The third-order valence-electron chi connectivity index (χ3n) is 4.96. The molecule has 2 fully saturated rings. The monoisotopic (exact) mass is 478 g/mol. The number of thiophene rings is 1. The maximum Gasteiger partial charge on any atom is 0.194 e. The first kappa shape index (κ1) is 20.9. The molecule has 2 saturated heterocycles. The minimum Gasteiger partial charge on any atom is -0.391 e. The molecular weight excluding hydrogens is 447 g/mol. The van der Waals surface area contributed by atoms with Crippen molar-refractivity contribution in [3.63, 3.8) is 0 Å². The number of guanidine groups is 1.